The summed E-state index contributed by atoms with van der Waals surface area (Å²) in [7, 11) is 0. The molecule has 10 heterocycles. The Morgan fingerprint density at radius 1 is 0.197 bits per heavy atom. The highest BCUT2D eigenvalue weighted by atomic mass is 14.9. The fourth-order valence-electron chi connectivity index (χ4n) is 12.4. The van der Waals surface area contributed by atoms with Gasteiger partial charge in [0.15, 0.2) is 0 Å². The Hall–Kier alpha value is -11.8. The van der Waals surface area contributed by atoms with Gasteiger partial charge in [0.2, 0.25) is 0 Å². The lowest BCUT2D eigenvalue weighted by Crippen LogP contribution is -1.93. The molecule has 0 amide bonds. The molecule has 12 heteroatoms. The van der Waals surface area contributed by atoms with E-state index in [1.165, 1.54) is 70.0 Å². The van der Waals surface area contributed by atoms with Gasteiger partial charge in [-0.15, -0.1) is 0 Å². The second-order valence-electron chi connectivity index (χ2n) is 33.6. The first-order valence-electron chi connectivity index (χ1n) is 41.4. The van der Waals surface area contributed by atoms with Gasteiger partial charge >= 0.3 is 0 Å². The van der Waals surface area contributed by atoms with Gasteiger partial charge < -0.3 is 0 Å². The smallest absolute Gasteiger partial charge is 0.126 e. The Bertz CT molecular complexity index is 5880. The third-order valence-electron chi connectivity index (χ3n) is 16.7. The highest BCUT2D eigenvalue weighted by Crippen LogP contribution is 2.31. The number of nitrogens with zero attached hydrogens (tertiary/aromatic N) is 12. The molecular weight excluding hydrogens is 1430 g/mol. The Kier molecular flexibility index (Phi) is 35.9. The second-order valence-corrected chi connectivity index (χ2v) is 33.6. The van der Waals surface area contributed by atoms with Crippen LogP contribution in [0.4, 0.5) is 0 Å². The summed E-state index contributed by atoms with van der Waals surface area (Å²) in [5.41, 5.74) is 14.4. The molecule has 606 valence electrons. The molecule has 0 saturated heterocycles. The normalized spacial score (nSPS) is 10.6. The molecule has 0 radical (unpaired) electrons. The number of benzene rings is 8. The van der Waals surface area contributed by atoms with Crippen LogP contribution in [0, 0.1) is 97.8 Å². The van der Waals surface area contributed by atoms with Crippen molar-refractivity contribution in [2.24, 2.45) is 35.5 Å². The van der Waals surface area contributed by atoms with Crippen molar-refractivity contribution in [3.63, 3.8) is 0 Å². The molecule has 0 aliphatic heterocycles. The highest BCUT2D eigenvalue weighted by molar-refractivity contribution is 6.11. The van der Waals surface area contributed by atoms with Crippen molar-refractivity contribution in [3.05, 3.63) is 289 Å². The maximum Gasteiger partial charge on any atom is 0.126 e. The van der Waals surface area contributed by atoms with Crippen LogP contribution in [0.5, 0.6) is 0 Å². The first kappa shape index (κ1) is 92.4. The molecule has 0 spiro atoms. The SMILES string of the molecule is CC(C)C.CC(C)C.CC(C)C.CC(C)C.CC(C)C.CC(C)C.Cc1cc2nc(C)c3ccccc3c2cn1.Cc1cc2ncc3ccccc3c2c(C)n1.Cc1cc2ncc3ccccc3c2cn1.Cc1nc(C)c2c(ccc3ccccc32)n1.Cc1nccc2ncc3ccccc3c12.Cc1ncnc2ccc3ccccc3c12. The van der Waals surface area contributed by atoms with Crippen LogP contribution >= 0.6 is 0 Å². The van der Waals surface area contributed by atoms with Crippen LogP contribution in [-0.4, -0.2) is 59.8 Å². The molecule has 18 aromatic rings. The maximum absolute atomic E-state index is 4.62. The Balaban J connectivity index is 0.000000184. The lowest BCUT2D eigenvalue weighted by molar-refractivity contribution is 0.736. The van der Waals surface area contributed by atoms with Crippen LogP contribution in [0.3, 0.4) is 0 Å². The summed E-state index contributed by atoms with van der Waals surface area (Å²) in [4.78, 5) is 52.9. The van der Waals surface area contributed by atoms with Gasteiger partial charge in [0.1, 0.15) is 12.2 Å². The van der Waals surface area contributed by atoms with Crippen LogP contribution in [0.1, 0.15) is 176 Å². The van der Waals surface area contributed by atoms with E-state index < -0.39 is 0 Å². The minimum absolute atomic E-state index is 0.833. The number of aryl methyl sites for hydroxylation is 9. The van der Waals surface area contributed by atoms with Gasteiger partial charge in [-0.05, 0) is 177 Å². The van der Waals surface area contributed by atoms with E-state index in [2.05, 4.69) is 307 Å². The van der Waals surface area contributed by atoms with Gasteiger partial charge in [0.05, 0.1) is 33.1 Å². The second kappa shape index (κ2) is 45.5. The molecule has 0 fully saturated rings. The Morgan fingerprint density at radius 2 is 0.530 bits per heavy atom. The summed E-state index contributed by atoms with van der Waals surface area (Å²) in [6, 6.07) is 66.2. The predicted octanol–water partition coefficient (Wildman–Crippen LogP) is 29.4. The number of hydrogen-bond donors (Lipinski definition) is 0. The van der Waals surface area contributed by atoms with Gasteiger partial charge in [-0.3, -0.25) is 39.9 Å². The first-order valence-corrected chi connectivity index (χ1v) is 41.4. The van der Waals surface area contributed by atoms with Gasteiger partial charge in [-0.2, -0.15) is 0 Å². The fraction of sp³-hybridized carbons (Fsp3) is 0.314. The molecule has 0 saturated carbocycles. The van der Waals surface area contributed by atoms with Crippen molar-refractivity contribution in [2.75, 3.05) is 0 Å². The summed E-state index contributed by atoms with van der Waals surface area (Å²) < 4.78 is 0. The lowest BCUT2D eigenvalue weighted by Gasteiger charge is -2.06. The molecule has 0 N–H and O–H groups in total. The average Bonchev–Trinajstić information content (AvgIpc) is 0.788. The van der Waals surface area contributed by atoms with Crippen molar-refractivity contribution in [3.8, 4) is 0 Å². The quantitative estimate of drug-likeness (QED) is 0.133. The van der Waals surface area contributed by atoms with Gasteiger partial charge in [-0.1, -0.05) is 282 Å². The number of pyridine rings is 8. The minimum Gasteiger partial charge on any atom is -0.261 e. The summed E-state index contributed by atoms with van der Waals surface area (Å²) in [6.07, 6.45) is 13.0. The van der Waals surface area contributed by atoms with E-state index in [9.17, 15) is 0 Å². The molecule has 0 aliphatic carbocycles. The van der Waals surface area contributed by atoms with E-state index in [1.807, 2.05) is 165 Å². The van der Waals surface area contributed by atoms with E-state index in [-0.39, 0.29) is 0 Å². The summed E-state index contributed by atoms with van der Waals surface area (Å²) in [6.45, 7) is 57.1. The van der Waals surface area contributed by atoms with Crippen LogP contribution in [0.25, 0.3) is 130 Å². The number of fused-ring (bicyclic) bond motifs is 18. The summed E-state index contributed by atoms with van der Waals surface area (Å²) >= 11 is 0. The van der Waals surface area contributed by atoms with Crippen molar-refractivity contribution in [1.82, 2.24) is 59.8 Å². The van der Waals surface area contributed by atoms with Crippen molar-refractivity contribution >= 4 is 130 Å². The van der Waals surface area contributed by atoms with E-state index in [4.69, 9.17) is 0 Å². The average molecular weight is 1560 g/mol. The van der Waals surface area contributed by atoms with E-state index in [0.717, 1.165) is 147 Å². The first-order chi connectivity index (χ1) is 55.7. The van der Waals surface area contributed by atoms with Crippen LogP contribution in [-0.2, 0) is 0 Å². The van der Waals surface area contributed by atoms with Gasteiger partial charge in [0, 0.05) is 137 Å². The molecule has 0 bridgehead atoms. The minimum atomic E-state index is 0.833. The van der Waals surface area contributed by atoms with Crippen LogP contribution < -0.4 is 0 Å². The van der Waals surface area contributed by atoms with Crippen molar-refractivity contribution < 1.29 is 0 Å². The molecular formula is C105H126N12. The zero-order valence-electron chi connectivity index (χ0n) is 74.8. The predicted molar refractivity (Wildman–Crippen MR) is 508 cm³/mol. The van der Waals surface area contributed by atoms with Crippen LogP contribution in [0.15, 0.2) is 238 Å². The third-order valence-corrected chi connectivity index (χ3v) is 16.7. The number of hydrogen-bond acceptors (Lipinski definition) is 12. The molecule has 0 atom stereocenters. The maximum atomic E-state index is 4.62. The summed E-state index contributed by atoms with van der Waals surface area (Å²) in [5.74, 6) is 5.83. The zero-order valence-corrected chi connectivity index (χ0v) is 74.8. The molecule has 117 heavy (non-hydrogen) atoms. The van der Waals surface area contributed by atoms with Crippen molar-refractivity contribution in [1.29, 1.82) is 0 Å². The highest BCUT2D eigenvalue weighted by Gasteiger charge is 2.11. The lowest BCUT2D eigenvalue weighted by atomic mass is 10.0. The molecule has 0 aliphatic rings. The van der Waals surface area contributed by atoms with Gasteiger partial charge in [-0.25, -0.2) is 19.9 Å². The monoisotopic (exact) mass is 1560 g/mol. The molecule has 0 unspecified atom stereocenters. The number of rotatable bonds is 0. The van der Waals surface area contributed by atoms with Crippen molar-refractivity contribution in [2.45, 2.75) is 187 Å². The fourth-order valence-corrected chi connectivity index (χ4v) is 12.4. The molecule has 12 nitrogen and oxygen atoms in total. The van der Waals surface area contributed by atoms with Gasteiger partial charge in [0.25, 0.3) is 0 Å². The summed E-state index contributed by atoms with van der Waals surface area (Å²) in [5, 5.41) is 21.5. The number of aromatic nitrogens is 12. The Morgan fingerprint density at radius 3 is 1.02 bits per heavy atom. The molecule has 18 rings (SSSR count). The topological polar surface area (TPSA) is 155 Å². The largest absolute Gasteiger partial charge is 0.261 e. The third kappa shape index (κ3) is 28.0. The van der Waals surface area contributed by atoms with E-state index >= 15 is 0 Å². The standard InChI is InChI=1S/3C14H12N2.3C13H10N2.6C4H10/c1-9-7-14-13(8-15-9)12-6-4-3-5-11(12)10(2)16-14;1-9-7-13-14(10(2)16-9)12-6-4-3-5-11(12)8-15-13;1-9-14-12-6-4-3-5-11(12)7-8-13(14)16-10(2)15-9;1-9-6-13-12(8-14-9)11-5-3-2-4-10(11)7-15-13;1-9-13-11-5-3-2-4-10(11)8-15-12(13)6-7-14-9;1-9-13-11-5-3-2-4-10(11)6-7-12(13)15-8-14-9;6*1-4(2)3/h3*3-8H,1-2H3;3*2-8H,1H3;6*4H,1-3H3. The van der Waals surface area contributed by atoms with E-state index in [1.54, 1.807) is 12.5 Å². The van der Waals surface area contributed by atoms with E-state index in [0.29, 0.717) is 0 Å². The van der Waals surface area contributed by atoms with Crippen LogP contribution in [0.2, 0.25) is 0 Å². The molecule has 10 aromatic heterocycles. The Labute approximate surface area is 697 Å². The zero-order chi connectivity index (χ0) is 85.6. The molecule has 8 aromatic carbocycles.